The number of likely N-dealkylation sites (N-methyl/N-ethyl adjacent to an activating group) is 1. The largest absolute Gasteiger partial charge is 0.320 e. The highest BCUT2D eigenvalue weighted by Gasteiger charge is 1.99. The van der Waals surface area contributed by atoms with Gasteiger partial charge in [0.15, 0.2) is 0 Å². The third-order valence-corrected chi connectivity index (χ3v) is 3.46. The van der Waals surface area contributed by atoms with E-state index in [2.05, 4.69) is 16.0 Å². The summed E-state index contributed by atoms with van der Waals surface area (Å²) in [6.45, 7) is 3.91. The van der Waals surface area contributed by atoms with Gasteiger partial charge in [0, 0.05) is 6.42 Å². The lowest BCUT2D eigenvalue weighted by Crippen LogP contribution is -2.20. The summed E-state index contributed by atoms with van der Waals surface area (Å²) < 4.78 is 0. The maximum Gasteiger partial charge on any atom is 0.146 e. The molecule has 120 valence electrons. The normalized spacial score (nSPS) is 10.9. The molecular weight excluding hydrogens is 250 g/mol. The van der Waals surface area contributed by atoms with Crippen LogP contribution in [0.2, 0.25) is 0 Å². The van der Waals surface area contributed by atoms with E-state index >= 15 is 0 Å². The molecule has 0 bridgehead atoms. The highest BCUT2D eigenvalue weighted by molar-refractivity contribution is 5.80. The van der Waals surface area contributed by atoms with E-state index in [1.165, 1.54) is 44.9 Å². The molecule has 0 spiro atoms. The Bertz CT molecular complexity index is 210. The van der Waals surface area contributed by atoms with Crippen molar-refractivity contribution in [3.8, 4) is 0 Å². The van der Waals surface area contributed by atoms with Crippen LogP contribution >= 0.6 is 0 Å². The van der Waals surface area contributed by atoms with Crippen LogP contribution in [0.25, 0.3) is 0 Å². The minimum absolute atomic E-state index is 0.344. The van der Waals surface area contributed by atoms with E-state index in [9.17, 15) is 4.79 Å². The van der Waals surface area contributed by atoms with E-state index in [0.29, 0.717) is 12.3 Å². The van der Waals surface area contributed by atoms with Gasteiger partial charge < -0.3 is 16.0 Å². The Morgan fingerprint density at radius 1 is 0.700 bits per heavy atom. The highest BCUT2D eigenvalue weighted by Crippen LogP contribution is 2.08. The Morgan fingerprint density at radius 3 is 1.95 bits per heavy atom. The Labute approximate surface area is 125 Å². The van der Waals surface area contributed by atoms with Crippen LogP contribution in [-0.4, -0.2) is 46.1 Å². The summed E-state index contributed by atoms with van der Waals surface area (Å²) in [7, 11) is 3.82. The predicted molar refractivity (Wildman–Crippen MR) is 87.3 cm³/mol. The molecule has 0 aromatic carbocycles. The minimum atomic E-state index is 0.344. The second-order valence-electron chi connectivity index (χ2n) is 5.50. The van der Waals surface area contributed by atoms with Crippen molar-refractivity contribution >= 4 is 5.78 Å². The fourth-order valence-electron chi connectivity index (χ4n) is 2.26. The van der Waals surface area contributed by atoms with Gasteiger partial charge in [-0.25, -0.2) is 0 Å². The summed E-state index contributed by atoms with van der Waals surface area (Å²) >= 11 is 0. The summed E-state index contributed by atoms with van der Waals surface area (Å²) in [6, 6.07) is 0. The van der Waals surface area contributed by atoms with Gasteiger partial charge in [-0.1, -0.05) is 32.1 Å². The Balaban J connectivity index is 3.01. The van der Waals surface area contributed by atoms with Crippen molar-refractivity contribution in [2.75, 3.05) is 40.3 Å². The summed E-state index contributed by atoms with van der Waals surface area (Å²) in [5, 5.41) is 9.53. The Morgan fingerprint density at radius 2 is 1.30 bits per heavy atom. The molecule has 0 radical (unpaired) electrons. The first kappa shape index (κ1) is 19.6. The number of rotatable bonds is 16. The number of unbranched alkanes of at least 4 members (excludes halogenated alkanes) is 6. The summed E-state index contributed by atoms with van der Waals surface area (Å²) in [5.41, 5.74) is 0. The van der Waals surface area contributed by atoms with Gasteiger partial charge in [-0.15, -0.1) is 0 Å². The zero-order chi connectivity index (χ0) is 14.9. The molecule has 20 heavy (non-hydrogen) atoms. The molecule has 4 heteroatoms. The van der Waals surface area contributed by atoms with Crippen LogP contribution in [0.3, 0.4) is 0 Å². The quantitative estimate of drug-likeness (QED) is 0.380. The topological polar surface area (TPSA) is 53.2 Å². The lowest BCUT2D eigenvalue weighted by atomic mass is 10.1. The number of ketones is 1. The van der Waals surface area contributed by atoms with Gasteiger partial charge in [0.1, 0.15) is 5.78 Å². The maximum atomic E-state index is 11.3. The first-order valence-corrected chi connectivity index (χ1v) is 8.33. The molecule has 0 aliphatic rings. The molecule has 0 heterocycles. The zero-order valence-electron chi connectivity index (χ0n) is 13.6. The molecule has 0 saturated carbocycles. The molecule has 0 fully saturated rings. The van der Waals surface area contributed by atoms with Gasteiger partial charge in [-0.3, -0.25) is 4.79 Å². The van der Waals surface area contributed by atoms with Crippen LogP contribution in [0.1, 0.15) is 57.8 Å². The molecule has 0 aromatic heterocycles. The molecule has 0 saturated heterocycles. The monoisotopic (exact) mass is 285 g/mol. The van der Waals surface area contributed by atoms with E-state index in [-0.39, 0.29) is 0 Å². The van der Waals surface area contributed by atoms with Gasteiger partial charge in [-0.2, -0.15) is 0 Å². The van der Waals surface area contributed by atoms with Crippen molar-refractivity contribution in [2.45, 2.75) is 57.8 Å². The second-order valence-corrected chi connectivity index (χ2v) is 5.50. The molecule has 0 atom stereocenters. The molecule has 3 N–H and O–H groups in total. The summed E-state index contributed by atoms with van der Waals surface area (Å²) in [6.07, 6.45) is 10.8. The fraction of sp³-hybridized carbons (Fsp3) is 0.938. The van der Waals surface area contributed by atoms with E-state index < -0.39 is 0 Å². The summed E-state index contributed by atoms with van der Waals surface area (Å²) in [5.74, 6) is 0.344. The molecule has 0 aliphatic heterocycles. The third-order valence-electron chi connectivity index (χ3n) is 3.46. The number of carbonyl (C=O) groups excluding carboxylic acids is 1. The number of nitrogens with one attached hydrogen (secondary N) is 3. The predicted octanol–water partition coefficient (Wildman–Crippen LogP) is 2.09. The van der Waals surface area contributed by atoms with Crippen LogP contribution in [0, 0.1) is 0 Å². The van der Waals surface area contributed by atoms with E-state index in [0.717, 1.165) is 32.5 Å². The van der Waals surface area contributed by atoms with Crippen molar-refractivity contribution in [1.82, 2.24) is 16.0 Å². The van der Waals surface area contributed by atoms with Crippen molar-refractivity contribution in [1.29, 1.82) is 0 Å². The number of hydrogen-bond donors (Lipinski definition) is 3. The molecular formula is C16H35N3O. The smallest absolute Gasteiger partial charge is 0.146 e. The van der Waals surface area contributed by atoms with Gasteiger partial charge in [0.25, 0.3) is 0 Å². The number of Topliss-reactive ketones (excluding diaryl/α,β-unsaturated/α-hetero) is 1. The standard InChI is InChI=1S/C16H35N3O/c1-17-12-10-14-19-13-9-7-5-3-4-6-8-11-16(20)15-18-2/h17-19H,3-15H2,1-2H3. The van der Waals surface area contributed by atoms with Gasteiger partial charge >= 0.3 is 0 Å². The zero-order valence-corrected chi connectivity index (χ0v) is 13.6. The molecule has 4 nitrogen and oxygen atoms in total. The average Bonchev–Trinajstić information content (AvgIpc) is 2.44. The van der Waals surface area contributed by atoms with E-state index in [1.54, 1.807) is 0 Å². The van der Waals surface area contributed by atoms with Gasteiger partial charge in [-0.05, 0) is 53.0 Å². The van der Waals surface area contributed by atoms with Gasteiger partial charge in [0.05, 0.1) is 6.54 Å². The third kappa shape index (κ3) is 15.6. The number of carbonyl (C=O) groups is 1. The lowest BCUT2D eigenvalue weighted by Gasteiger charge is -2.05. The SMILES string of the molecule is CNCCCNCCCCCCCCCC(=O)CNC. The molecule has 0 aliphatic carbocycles. The van der Waals surface area contributed by atoms with Crippen LogP contribution < -0.4 is 16.0 Å². The molecule has 0 rings (SSSR count). The number of hydrogen-bond acceptors (Lipinski definition) is 4. The van der Waals surface area contributed by atoms with Crippen LogP contribution in [0.5, 0.6) is 0 Å². The van der Waals surface area contributed by atoms with Crippen LogP contribution in [0.4, 0.5) is 0 Å². The van der Waals surface area contributed by atoms with E-state index in [1.807, 2.05) is 14.1 Å². The Hall–Kier alpha value is -0.450. The van der Waals surface area contributed by atoms with Crippen LogP contribution in [0.15, 0.2) is 0 Å². The van der Waals surface area contributed by atoms with Gasteiger partial charge in [0.2, 0.25) is 0 Å². The first-order chi connectivity index (χ1) is 9.81. The first-order valence-electron chi connectivity index (χ1n) is 8.33. The van der Waals surface area contributed by atoms with Crippen molar-refractivity contribution in [2.24, 2.45) is 0 Å². The average molecular weight is 285 g/mol. The van der Waals surface area contributed by atoms with Crippen molar-refractivity contribution in [3.05, 3.63) is 0 Å². The van der Waals surface area contributed by atoms with E-state index in [4.69, 9.17) is 0 Å². The molecule has 0 amide bonds. The maximum absolute atomic E-state index is 11.3. The second kappa shape index (κ2) is 16.6. The van der Waals surface area contributed by atoms with Crippen LogP contribution in [-0.2, 0) is 4.79 Å². The lowest BCUT2D eigenvalue weighted by molar-refractivity contribution is -0.118. The highest BCUT2D eigenvalue weighted by atomic mass is 16.1. The molecule has 0 unspecified atom stereocenters. The Kier molecular flexibility index (Phi) is 16.2. The molecule has 0 aromatic rings. The minimum Gasteiger partial charge on any atom is -0.320 e. The van der Waals surface area contributed by atoms with Crippen molar-refractivity contribution < 1.29 is 4.79 Å². The summed E-state index contributed by atoms with van der Waals surface area (Å²) in [4.78, 5) is 11.3. The fourth-order valence-corrected chi connectivity index (χ4v) is 2.26. The van der Waals surface area contributed by atoms with Crippen molar-refractivity contribution in [3.63, 3.8) is 0 Å².